The minimum absolute atomic E-state index is 0.189. The standard InChI is InChI=1S/C37H44O5Si/c1-28-35(39-25-29-17-9-5-10-18-29)36(40-26-30-19-11-6-12-20-30)34(38)33(42-28)27-41-43(37(2,3)4,31-21-13-7-14-22-31)32-23-15-8-16-24-32/h5-24,28,33-36,38H,25-27H2,1-4H3/t28-,33+,34+,35-,36-/m0/s1. The van der Waals surface area contributed by atoms with E-state index in [1.54, 1.807) is 0 Å². The van der Waals surface area contributed by atoms with Gasteiger partial charge in [0.1, 0.15) is 24.4 Å². The molecule has 5 atom stereocenters. The lowest BCUT2D eigenvalue weighted by Gasteiger charge is -2.47. The van der Waals surface area contributed by atoms with E-state index in [-0.39, 0.29) is 17.7 Å². The van der Waals surface area contributed by atoms with Gasteiger partial charge in [-0.1, -0.05) is 142 Å². The van der Waals surface area contributed by atoms with Gasteiger partial charge < -0.3 is 23.7 Å². The summed E-state index contributed by atoms with van der Waals surface area (Å²) in [5, 5.41) is 14.0. The Hall–Kier alpha value is -3.10. The van der Waals surface area contributed by atoms with Gasteiger partial charge in [0.2, 0.25) is 0 Å². The van der Waals surface area contributed by atoms with Crippen molar-refractivity contribution in [1.82, 2.24) is 0 Å². The van der Waals surface area contributed by atoms with Crippen molar-refractivity contribution in [2.75, 3.05) is 6.61 Å². The van der Waals surface area contributed by atoms with E-state index < -0.39 is 32.7 Å². The molecule has 226 valence electrons. The zero-order valence-electron chi connectivity index (χ0n) is 25.6. The average molecular weight is 597 g/mol. The van der Waals surface area contributed by atoms with Gasteiger partial charge in [-0.2, -0.15) is 0 Å². The van der Waals surface area contributed by atoms with E-state index >= 15 is 0 Å². The molecular weight excluding hydrogens is 552 g/mol. The Morgan fingerprint density at radius 2 is 1.07 bits per heavy atom. The molecule has 0 bridgehead atoms. The van der Waals surface area contributed by atoms with E-state index in [0.717, 1.165) is 11.1 Å². The monoisotopic (exact) mass is 596 g/mol. The van der Waals surface area contributed by atoms with E-state index in [9.17, 15) is 5.11 Å². The highest BCUT2D eigenvalue weighted by Gasteiger charge is 2.52. The lowest BCUT2D eigenvalue weighted by Crippen LogP contribution is -2.68. The number of aliphatic hydroxyl groups is 1. The molecule has 0 aromatic heterocycles. The van der Waals surface area contributed by atoms with E-state index in [2.05, 4.69) is 69.3 Å². The Morgan fingerprint density at radius 3 is 1.51 bits per heavy atom. The third-order valence-electron chi connectivity index (χ3n) is 8.34. The highest BCUT2D eigenvalue weighted by molar-refractivity contribution is 6.99. The fourth-order valence-corrected chi connectivity index (χ4v) is 10.7. The Labute approximate surface area is 257 Å². The largest absolute Gasteiger partial charge is 0.405 e. The molecule has 1 aliphatic heterocycles. The minimum Gasteiger partial charge on any atom is -0.405 e. The first kappa shape index (κ1) is 31.3. The Kier molecular flexibility index (Phi) is 10.3. The first-order chi connectivity index (χ1) is 20.8. The van der Waals surface area contributed by atoms with Crippen molar-refractivity contribution in [1.29, 1.82) is 0 Å². The van der Waals surface area contributed by atoms with Crippen LogP contribution in [0.3, 0.4) is 0 Å². The van der Waals surface area contributed by atoms with Crippen LogP contribution in [0.5, 0.6) is 0 Å². The summed E-state index contributed by atoms with van der Waals surface area (Å²) in [4.78, 5) is 0. The molecule has 0 saturated carbocycles. The highest BCUT2D eigenvalue weighted by Crippen LogP contribution is 2.38. The molecule has 1 aliphatic rings. The van der Waals surface area contributed by atoms with Gasteiger partial charge in [0, 0.05) is 0 Å². The maximum Gasteiger partial charge on any atom is 0.261 e. The summed E-state index contributed by atoms with van der Waals surface area (Å²) in [5.41, 5.74) is 2.10. The van der Waals surface area contributed by atoms with Gasteiger partial charge in [-0.3, -0.25) is 0 Å². The van der Waals surface area contributed by atoms with Crippen molar-refractivity contribution in [2.45, 2.75) is 76.5 Å². The van der Waals surface area contributed by atoms with E-state index in [4.69, 9.17) is 18.6 Å². The molecule has 0 amide bonds. The molecule has 1 heterocycles. The van der Waals surface area contributed by atoms with Crippen molar-refractivity contribution in [3.8, 4) is 0 Å². The van der Waals surface area contributed by atoms with Crippen molar-refractivity contribution in [3.05, 3.63) is 132 Å². The van der Waals surface area contributed by atoms with E-state index in [1.807, 2.05) is 79.7 Å². The quantitative estimate of drug-likeness (QED) is 0.219. The van der Waals surface area contributed by atoms with Gasteiger partial charge in [-0.05, 0) is 33.5 Å². The van der Waals surface area contributed by atoms with E-state index in [0.29, 0.717) is 13.2 Å². The second-order valence-corrected chi connectivity index (χ2v) is 16.7. The highest BCUT2D eigenvalue weighted by atomic mass is 28.4. The topological polar surface area (TPSA) is 57.2 Å². The van der Waals surface area contributed by atoms with Crippen molar-refractivity contribution >= 4 is 18.7 Å². The van der Waals surface area contributed by atoms with Crippen LogP contribution in [0.25, 0.3) is 0 Å². The summed E-state index contributed by atoms with van der Waals surface area (Å²) in [6.45, 7) is 9.74. The average Bonchev–Trinajstić information content (AvgIpc) is 3.03. The maximum atomic E-state index is 11.8. The van der Waals surface area contributed by atoms with Gasteiger partial charge >= 0.3 is 0 Å². The molecule has 0 radical (unpaired) electrons. The smallest absolute Gasteiger partial charge is 0.261 e. The van der Waals surface area contributed by atoms with Crippen LogP contribution in [-0.4, -0.2) is 50.6 Å². The number of hydrogen-bond donors (Lipinski definition) is 1. The first-order valence-electron chi connectivity index (χ1n) is 15.2. The SMILES string of the molecule is C[C@@H]1O[C@H](CO[Si](c2ccccc2)(c2ccccc2)C(C)(C)C)[C@@H](O)[C@H](OCc2ccccc2)[C@H]1OCc1ccccc1. The number of benzene rings is 4. The van der Waals surface area contributed by atoms with Crippen LogP contribution in [0.1, 0.15) is 38.8 Å². The predicted octanol–water partition coefficient (Wildman–Crippen LogP) is 5.88. The summed E-state index contributed by atoms with van der Waals surface area (Å²) in [7, 11) is -2.82. The number of rotatable bonds is 11. The zero-order valence-corrected chi connectivity index (χ0v) is 26.6. The summed E-state index contributed by atoms with van der Waals surface area (Å²) < 4.78 is 26.5. The van der Waals surface area contributed by atoms with Gasteiger partial charge in [-0.25, -0.2) is 0 Å². The maximum absolute atomic E-state index is 11.8. The van der Waals surface area contributed by atoms with Crippen LogP contribution in [0.15, 0.2) is 121 Å². The molecule has 1 N–H and O–H groups in total. The molecule has 6 heteroatoms. The lowest BCUT2D eigenvalue weighted by atomic mass is 9.95. The Bertz CT molecular complexity index is 1340. The number of hydrogen-bond acceptors (Lipinski definition) is 5. The zero-order chi connectivity index (χ0) is 30.3. The fourth-order valence-electron chi connectivity index (χ4n) is 6.17. The molecule has 5 rings (SSSR count). The predicted molar refractivity (Wildman–Crippen MR) is 174 cm³/mol. The summed E-state index contributed by atoms with van der Waals surface area (Å²) in [6, 6.07) is 41.1. The van der Waals surface area contributed by atoms with Crippen molar-refractivity contribution < 1.29 is 23.7 Å². The molecule has 43 heavy (non-hydrogen) atoms. The van der Waals surface area contributed by atoms with Crippen LogP contribution in [-0.2, 0) is 31.9 Å². The third-order valence-corrected chi connectivity index (χ3v) is 13.3. The molecule has 1 fully saturated rings. The molecule has 5 nitrogen and oxygen atoms in total. The summed E-state index contributed by atoms with van der Waals surface area (Å²) in [6.07, 6.45) is -2.91. The number of aliphatic hydroxyl groups excluding tert-OH is 1. The Balaban J connectivity index is 1.41. The molecular formula is C37H44O5Si. The normalized spacial score (nSPS) is 22.8. The number of ether oxygens (including phenoxy) is 3. The molecule has 0 aliphatic carbocycles. The fraction of sp³-hybridized carbons (Fsp3) is 0.351. The molecule has 4 aromatic rings. The lowest BCUT2D eigenvalue weighted by molar-refractivity contribution is -0.252. The molecule has 1 saturated heterocycles. The first-order valence-corrected chi connectivity index (χ1v) is 17.1. The third kappa shape index (κ3) is 7.18. The summed E-state index contributed by atoms with van der Waals surface area (Å²) in [5.74, 6) is 0. The van der Waals surface area contributed by atoms with Crippen LogP contribution in [0, 0.1) is 0 Å². The summed E-state index contributed by atoms with van der Waals surface area (Å²) >= 11 is 0. The molecule has 4 aromatic carbocycles. The van der Waals surface area contributed by atoms with Gasteiger partial charge in [0.25, 0.3) is 8.32 Å². The van der Waals surface area contributed by atoms with E-state index in [1.165, 1.54) is 10.4 Å². The minimum atomic E-state index is -2.82. The Morgan fingerprint density at radius 1 is 0.651 bits per heavy atom. The van der Waals surface area contributed by atoms with Crippen LogP contribution < -0.4 is 10.4 Å². The van der Waals surface area contributed by atoms with Crippen molar-refractivity contribution in [3.63, 3.8) is 0 Å². The second-order valence-electron chi connectivity index (χ2n) is 12.4. The van der Waals surface area contributed by atoms with Crippen LogP contribution >= 0.6 is 0 Å². The van der Waals surface area contributed by atoms with Gasteiger partial charge in [0.15, 0.2) is 0 Å². The van der Waals surface area contributed by atoms with Crippen LogP contribution in [0.2, 0.25) is 5.04 Å². The van der Waals surface area contributed by atoms with Gasteiger partial charge in [-0.15, -0.1) is 0 Å². The van der Waals surface area contributed by atoms with Gasteiger partial charge in [0.05, 0.1) is 25.9 Å². The second kappa shape index (κ2) is 14.1. The molecule has 0 spiro atoms. The molecule has 0 unspecified atom stereocenters. The van der Waals surface area contributed by atoms with Crippen LogP contribution in [0.4, 0.5) is 0 Å². The van der Waals surface area contributed by atoms with Crippen molar-refractivity contribution in [2.24, 2.45) is 0 Å².